The maximum Gasteiger partial charge on any atom is 0.0349 e. The van der Waals surface area contributed by atoms with Gasteiger partial charge in [-0.05, 0) is 42.5 Å². The van der Waals surface area contributed by atoms with Crippen LogP contribution in [0.25, 0.3) is 0 Å². The summed E-state index contributed by atoms with van der Waals surface area (Å²) in [6, 6.07) is 4.11. The molecule has 0 aliphatic carbocycles. The summed E-state index contributed by atoms with van der Waals surface area (Å²) in [5.74, 6) is 0. The zero-order valence-corrected chi connectivity index (χ0v) is 8.15. The van der Waals surface area contributed by atoms with E-state index in [0.717, 1.165) is 18.5 Å². The minimum atomic E-state index is 0.944. The van der Waals surface area contributed by atoms with Gasteiger partial charge in [-0.3, -0.25) is 0 Å². The maximum atomic E-state index is 5.88. The normalized spacial score (nSPS) is 10.2. The van der Waals surface area contributed by atoms with Crippen LogP contribution in [0.1, 0.15) is 30.5 Å². The van der Waals surface area contributed by atoms with E-state index in [1.54, 1.807) is 0 Å². The van der Waals surface area contributed by atoms with Crippen molar-refractivity contribution in [1.29, 1.82) is 0 Å². The third kappa shape index (κ3) is 1.45. The summed E-state index contributed by atoms with van der Waals surface area (Å²) >= 11 is 0. The van der Waals surface area contributed by atoms with Crippen LogP contribution in [0, 0.1) is 6.92 Å². The molecule has 1 aromatic carbocycles. The molecule has 0 aliphatic heterocycles. The maximum absolute atomic E-state index is 5.88. The lowest BCUT2D eigenvalue weighted by Gasteiger charge is -2.11. The second-order valence-corrected chi connectivity index (χ2v) is 3.14. The number of hydrogen-bond acceptors (Lipinski definition) is 1. The quantitative estimate of drug-likeness (QED) is 0.666. The predicted octanol–water partition coefficient (Wildman–Crippen LogP) is 2.70. The van der Waals surface area contributed by atoms with Gasteiger partial charge in [0.25, 0.3) is 0 Å². The molecule has 0 radical (unpaired) electrons. The second kappa shape index (κ2) is 3.61. The fraction of sp³-hybridized carbons (Fsp3) is 0.455. The summed E-state index contributed by atoms with van der Waals surface area (Å²) in [7, 11) is 0. The molecule has 0 fully saturated rings. The number of anilines is 1. The monoisotopic (exact) mass is 163 g/mol. The molecule has 1 heteroatoms. The van der Waals surface area contributed by atoms with Crippen LogP contribution in [-0.4, -0.2) is 0 Å². The first-order valence-corrected chi connectivity index (χ1v) is 4.57. The van der Waals surface area contributed by atoms with Gasteiger partial charge in [0.15, 0.2) is 0 Å². The Hall–Kier alpha value is -0.980. The molecule has 12 heavy (non-hydrogen) atoms. The fourth-order valence-electron chi connectivity index (χ4n) is 1.74. The van der Waals surface area contributed by atoms with E-state index in [2.05, 4.69) is 26.8 Å². The van der Waals surface area contributed by atoms with Gasteiger partial charge in [-0.25, -0.2) is 0 Å². The van der Waals surface area contributed by atoms with E-state index < -0.39 is 0 Å². The minimum Gasteiger partial charge on any atom is -0.398 e. The van der Waals surface area contributed by atoms with E-state index in [1.165, 1.54) is 16.7 Å². The highest BCUT2D eigenvalue weighted by Crippen LogP contribution is 2.21. The third-order valence-corrected chi connectivity index (χ3v) is 2.41. The lowest BCUT2D eigenvalue weighted by Crippen LogP contribution is -2.00. The van der Waals surface area contributed by atoms with E-state index >= 15 is 0 Å². The Morgan fingerprint density at radius 3 is 2.08 bits per heavy atom. The zero-order valence-electron chi connectivity index (χ0n) is 8.15. The standard InChI is InChI=1S/C11H17N/c1-4-9-8(3)6-7-11(12)10(9)5-2/h6-7H,4-5,12H2,1-3H3. The van der Waals surface area contributed by atoms with E-state index in [9.17, 15) is 0 Å². The molecule has 0 atom stereocenters. The van der Waals surface area contributed by atoms with Crippen LogP contribution >= 0.6 is 0 Å². The number of nitrogens with two attached hydrogens (primary N) is 1. The summed E-state index contributed by atoms with van der Waals surface area (Å²) in [5.41, 5.74) is 10.9. The Kier molecular flexibility index (Phi) is 2.74. The summed E-state index contributed by atoms with van der Waals surface area (Å²) < 4.78 is 0. The van der Waals surface area contributed by atoms with E-state index in [4.69, 9.17) is 5.73 Å². The van der Waals surface area contributed by atoms with Gasteiger partial charge in [-0.1, -0.05) is 19.9 Å². The van der Waals surface area contributed by atoms with Crippen molar-refractivity contribution in [1.82, 2.24) is 0 Å². The van der Waals surface area contributed by atoms with Crippen molar-refractivity contribution in [2.75, 3.05) is 5.73 Å². The largest absolute Gasteiger partial charge is 0.398 e. The van der Waals surface area contributed by atoms with Gasteiger partial charge in [-0.15, -0.1) is 0 Å². The molecule has 2 N–H and O–H groups in total. The molecular formula is C11H17N. The smallest absolute Gasteiger partial charge is 0.0349 e. The van der Waals surface area contributed by atoms with E-state index in [0.29, 0.717) is 0 Å². The van der Waals surface area contributed by atoms with Gasteiger partial charge in [0.2, 0.25) is 0 Å². The zero-order chi connectivity index (χ0) is 9.14. The first-order chi connectivity index (χ1) is 5.70. The molecule has 1 nitrogen and oxygen atoms in total. The average molecular weight is 163 g/mol. The van der Waals surface area contributed by atoms with Crippen LogP contribution in [0.15, 0.2) is 12.1 Å². The van der Waals surface area contributed by atoms with Gasteiger partial charge < -0.3 is 5.73 Å². The summed E-state index contributed by atoms with van der Waals surface area (Å²) in [6.07, 6.45) is 2.12. The first-order valence-electron chi connectivity index (χ1n) is 4.57. The highest BCUT2D eigenvalue weighted by molar-refractivity contribution is 5.53. The number of aryl methyl sites for hydroxylation is 1. The fourth-order valence-corrected chi connectivity index (χ4v) is 1.74. The molecule has 0 saturated heterocycles. The van der Waals surface area contributed by atoms with Crippen molar-refractivity contribution >= 4 is 5.69 Å². The summed E-state index contributed by atoms with van der Waals surface area (Å²) in [5, 5.41) is 0. The Bertz CT molecular complexity index is 248. The van der Waals surface area contributed by atoms with Crippen LogP contribution in [-0.2, 0) is 12.8 Å². The van der Waals surface area contributed by atoms with Crippen LogP contribution in [0.5, 0.6) is 0 Å². The third-order valence-electron chi connectivity index (χ3n) is 2.41. The highest BCUT2D eigenvalue weighted by atomic mass is 14.6. The molecule has 1 rings (SSSR count). The van der Waals surface area contributed by atoms with Gasteiger partial charge >= 0.3 is 0 Å². The van der Waals surface area contributed by atoms with Crippen molar-refractivity contribution in [3.63, 3.8) is 0 Å². The molecule has 0 spiro atoms. The van der Waals surface area contributed by atoms with E-state index in [-0.39, 0.29) is 0 Å². The second-order valence-electron chi connectivity index (χ2n) is 3.14. The molecule has 0 amide bonds. The topological polar surface area (TPSA) is 26.0 Å². The van der Waals surface area contributed by atoms with Crippen molar-refractivity contribution in [2.45, 2.75) is 33.6 Å². The molecule has 1 aromatic rings. The lowest BCUT2D eigenvalue weighted by atomic mass is 9.96. The Balaban J connectivity index is 3.28. The van der Waals surface area contributed by atoms with Crippen molar-refractivity contribution in [3.8, 4) is 0 Å². The molecule has 0 unspecified atom stereocenters. The van der Waals surface area contributed by atoms with Crippen LogP contribution in [0.4, 0.5) is 5.69 Å². The van der Waals surface area contributed by atoms with Crippen LogP contribution in [0.3, 0.4) is 0 Å². The number of nitrogen functional groups attached to an aromatic ring is 1. The predicted molar refractivity (Wildman–Crippen MR) is 54.3 cm³/mol. The SMILES string of the molecule is CCc1c(C)ccc(N)c1CC. The van der Waals surface area contributed by atoms with E-state index in [1.807, 2.05) is 6.07 Å². The van der Waals surface area contributed by atoms with Crippen molar-refractivity contribution in [3.05, 3.63) is 28.8 Å². The Morgan fingerprint density at radius 2 is 1.67 bits per heavy atom. The first kappa shape index (κ1) is 9.11. The molecule has 0 saturated carbocycles. The van der Waals surface area contributed by atoms with Crippen LogP contribution in [0.2, 0.25) is 0 Å². The van der Waals surface area contributed by atoms with Gasteiger partial charge in [0, 0.05) is 5.69 Å². The summed E-state index contributed by atoms with van der Waals surface area (Å²) in [6.45, 7) is 6.49. The molecule has 66 valence electrons. The molecule has 0 bridgehead atoms. The summed E-state index contributed by atoms with van der Waals surface area (Å²) in [4.78, 5) is 0. The number of rotatable bonds is 2. The van der Waals surface area contributed by atoms with Gasteiger partial charge in [-0.2, -0.15) is 0 Å². The Labute approximate surface area is 74.6 Å². The lowest BCUT2D eigenvalue weighted by molar-refractivity contribution is 1.02. The van der Waals surface area contributed by atoms with Gasteiger partial charge in [0.1, 0.15) is 0 Å². The molecule has 0 heterocycles. The van der Waals surface area contributed by atoms with Gasteiger partial charge in [0.05, 0.1) is 0 Å². The average Bonchev–Trinajstić information content (AvgIpc) is 2.08. The Morgan fingerprint density at radius 1 is 1.08 bits per heavy atom. The minimum absolute atomic E-state index is 0.944. The number of benzene rings is 1. The van der Waals surface area contributed by atoms with Crippen LogP contribution < -0.4 is 5.73 Å². The molecule has 0 aliphatic rings. The highest BCUT2D eigenvalue weighted by Gasteiger charge is 2.04. The molecular weight excluding hydrogens is 146 g/mol. The van der Waals surface area contributed by atoms with Crippen molar-refractivity contribution < 1.29 is 0 Å². The number of hydrogen-bond donors (Lipinski definition) is 1. The van der Waals surface area contributed by atoms with Crippen molar-refractivity contribution in [2.24, 2.45) is 0 Å². The molecule has 0 aromatic heterocycles.